The van der Waals surface area contributed by atoms with Gasteiger partial charge in [-0.3, -0.25) is 4.98 Å². The molecule has 2 amide bonds. The summed E-state index contributed by atoms with van der Waals surface area (Å²) in [7, 11) is 3.18. The molecule has 1 aromatic rings. The molecule has 7 nitrogen and oxygen atoms in total. The number of urea groups is 1. The highest BCUT2D eigenvalue weighted by Crippen LogP contribution is 2.31. The van der Waals surface area contributed by atoms with Crippen LogP contribution in [0.15, 0.2) is 12.3 Å². The number of hydrogen-bond donors (Lipinski definition) is 1. The van der Waals surface area contributed by atoms with Crippen molar-refractivity contribution in [2.75, 3.05) is 40.4 Å². The van der Waals surface area contributed by atoms with Crippen LogP contribution in [0.2, 0.25) is 0 Å². The molecule has 0 spiro atoms. The Morgan fingerprint density at radius 1 is 1.43 bits per heavy atom. The van der Waals surface area contributed by atoms with Crippen molar-refractivity contribution in [2.45, 2.75) is 12.6 Å². The lowest BCUT2D eigenvalue weighted by molar-refractivity contribution is 0.177. The molecule has 1 N–H and O–H groups in total. The van der Waals surface area contributed by atoms with Crippen LogP contribution in [-0.2, 0) is 6.54 Å². The number of nitrogens with zero attached hydrogens (tertiary/aromatic N) is 3. The van der Waals surface area contributed by atoms with Crippen LogP contribution in [0.5, 0.6) is 11.5 Å². The third kappa shape index (κ3) is 2.49. The Bertz CT molecular complexity index is 537. The van der Waals surface area contributed by atoms with Crippen molar-refractivity contribution in [3.05, 3.63) is 18.0 Å². The van der Waals surface area contributed by atoms with E-state index in [4.69, 9.17) is 9.47 Å². The lowest BCUT2D eigenvalue weighted by atomic mass is 10.2. The number of nitrogens with one attached hydrogen (secondary N) is 1. The van der Waals surface area contributed by atoms with E-state index in [1.807, 2.05) is 9.80 Å². The molecule has 2 saturated heterocycles. The van der Waals surface area contributed by atoms with Crippen LogP contribution in [0, 0.1) is 0 Å². The van der Waals surface area contributed by atoms with Crippen molar-refractivity contribution < 1.29 is 14.3 Å². The summed E-state index contributed by atoms with van der Waals surface area (Å²) in [6.07, 6.45) is 1.67. The average Bonchev–Trinajstić information content (AvgIpc) is 2.83. The fourth-order valence-electron chi connectivity index (χ4n) is 2.97. The minimum absolute atomic E-state index is 0.0770. The largest absolute Gasteiger partial charge is 0.493 e. The van der Waals surface area contributed by atoms with E-state index < -0.39 is 0 Å². The number of carbonyl (C=O) groups is 1. The van der Waals surface area contributed by atoms with Gasteiger partial charge in [-0.1, -0.05) is 0 Å². The normalized spacial score (nSPS) is 21.4. The van der Waals surface area contributed by atoms with Crippen molar-refractivity contribution in [1.29, 1.82) is 0 Å². The molecule has 2 aliphatic heterocycles. The van der Waals surface area contributed by atoms with Crippen molar-refractivity contribution >= 4 is 6.03 Å². The topological polar surface area (TPSA) is 66.9 Å². The molecule has 3 heterocycles. The first-order valence-corrected chi connectivity index (χ1v) is 7.06. The van der Waals surface area contributed by atoms with E-state index in [2.05, 4.69) is 10.3 Å². The Kier molecular flexibility index (Phi) is 3.83. The molecule has 3 rings (SSSR count). The lowest BCUT2D eigenvalue weighted by Crippen LogP contribution is -2.49. The highest BCUT2D eigenvalue weighted by Gasteiger charge is 2.38. The van der Waals surface area contributed by atoms with Gasteiger partial charge in [-0.25, -0.2) is 4.79 Å². The summed E-state index contributed by atoms with van der Waals surface area (Å²) in [5, 5.41) is 3.32. The van der Waals surface area contributed by atoms with Crippen LogP contribution >= 0.6 is 0 Å². The number of hydrogen-bond acceptors (Lipinski definition) is 5. The molecule has 0 aliphatic carbocycles. The van der Waals surface area contributed by atoms with Gasteiger partial charge < -0.3 is 24.6 Å². The number of carbonyl (C=O) groups excluding carboxylic acids is 1. The van der Waals surface area contributed by atoms with Gasteiger partial charge in [0.25, 0.3) is 0 Å². The number of amides is 2. The second-order valence-electron chi connectivity index (χ2n) is 5.21. The number of ether oxygens (including phenoxy) is 2. The van der Waals surface area contributed by atoms with Crippen molar-refractivity contribution in [2.24, 2.45) is 0 Å². The molecule has 1 aromatic heterocycles. The molecule has 2 fully saturated rings. The molecule has 1 atom stereocenters. The van der Waals surface area contributed by atoms with Gasteiger partial charge in [0.1, 0.15) is 5.69 Å². The van der Waals surface area contributed by atoms with Gasteiger partial charge in [-0.05, 0) is 0 Å². The van der Waals surface area contributed by atoms with E-state index in [1.54, 1.807) is 26.5 Å². The van der Waals surface area contributed by atoms with Crippen molar-refractivity contribution in [3.8, 4) is 11.5 Å². The predicted octanol–water partition coefficient (Wildman–Crippen LogP) is 0.308. The Morgan fingerprint density at radius 2 is 2.29 bits per heavy atom. The Labute approximate surface area is 123 Å². The Balaban J connectivity index is 1.79. The maximum atomic E-state index is 12.4. The molecule has 0 bridgehead atoms. The van der Waals surface area contributed by atoms with Gasteiger partial charge in [0.15, 0.2) is 11.5 Å². The van der Waals surface area contributed by atoms with E-state index in [0.717, 1.165) is 25.3 Å². The van der Waals surface area contributed by atoms with Gasteiger partial charge in [-0.2, -0.15) is 0 Å². The molecule has 2 aliphatic rings. The van der Waals surface area contributed by atoms with Gasteiger partial charge in [0, 0.05) is 38.4 Å². The van der Waals surface area contributed by atoms with Crippen LogP contribution in [0.25, 0.3) is 0 Å². The molecular weight excluding hydrogens is 272 g/mol. The second kappa shape index (κ2) is 5.77. The highest BCUT2D eigenvalue weighted by atomic mass is 16.5. The van der Waals surface area contributed by atoms with Gasteiger partial charge in [0.2, 0.25) is 0 Å². The summed E-state index contributed by atoms with van der Waals surface area (Å²) in [5.41, 5.74) is 0.720. The quantitative estimate of drug-likeness (QED) is 0.865. The third-order valence-corrected chi connectivity index (χ3v) is 4.00. The first-order chi connectivity index (χ1) is 10.2. The van der Waals surface area contributed by atoms with E-state index in [-0.39, 0.29) is 12.1 Å². The molecule has 114 valence electrons. The number of rotatable bonds is 4. The summed E-state index contributed by atoms with van der Waals surface area (Å²) >= 11 is 0. The fourth-order valence-corrected chi connectivity index (χ4v) is 2.97. The number of pyridine rings is 1. The summed E-state index contributed by atoms with van der Waals surface area (Å²) in [5.74, 6) is 1.23. The van der Waals surface area contributed by atoms with Gasteiger partial charge >= 0.3 is 6.03 Å². The summed E-state index contributed by atoms with van der Waals surface area (Å²) in [6, 6.07) is 2.08. The van der Waals surface area contributed by atoms with E-state index >= 15 is 0 Å². The van der Waals surface area contributed by atoms with E-state index in [9.17, 15) is 4.79 Å². The standard InChI is InChI=1S/C14H20N4O3/c1-20-12-3-4-16-11(13(12)21-2)9-17-8-10-7-15-5-6-18(10)14(17)19/h3-4,10,15H,5-9H2,1-2H3. The summed E-state index contributed by atoms with van der Waals surface area (Å²) in [4.78, 5) is 20.5. The van der Waals surface area contributed by atoms with Crippen LogP contribution in [0.1, 0.15) is 5.69 Å². The first kappa shape index (κ1) is 13.9. The van der Waals surface area contributed by atoms with Crippen LogP contribution in [0.4, 0.5) is 4.79 Å². The Morgan fingerprint density at radius 3 is 3.00 bits per heavy atom. The predicted molar refractivity (Wildman–Crippen MR) is 76.5 cm³/mol. The smallest absolute Gasteiger partial charge is 0.320 e. The van der Waals surface area contributed by atoms with Crippen LogP contribution in [0.3, 0.4) is 0 Å². The number of piperazine rings is 1. The summed E-state index contributed by atoms with van der Waals surface area (Å²) in [6.45, 7) is 3.63. The maximum Gasteiger partial charge on any atom is 0.320 e. The SMILES string of the molecule is COc1ccnc(CN2CC3CNCCN3C2=O)c1OC. The first-order valence-electron chi connectivity index (χ1n) is 7.06. The van der Waals surface area contributed by atoms with E-state index in [1.165, 1.54) is 0 Å². The molecule has 21 heavy (non-hydrogen) atoms. The minimum atomic E-state index is 0.0770. The highest BCUT2D eigenvalue weighted by molar-refractivity contribution is 5.77. The Hall–Kier alpha value is -2.02. The van der Waals surface area contributed by atoms with Crippen LogP contribution < -0.4 is 14.8 Å². The van der Waals surface area contributed by atoms with Crippen molar-refractivity contribution in [3.63, 3.8) is 0 Å². The summed E-state index contributed by atoms with van der Waals surface area (Å²) < 4.78 is 10.7. The minimum Gasteiger partial charge on any atom is -0.493 e. The molecule has 0 aromatic carbocycles. The zero-order valence-electron chi connectivity index (χ0n) is 12.3. The zero-order valence-corrected chi connectivity index (χ0v) is 12.3. The third-order valence-electron chi connectivity index (χ3n) is 4.00. The zero-order chi connectivity index (χ0) is 14.8. The fraction of sp³-hybridized carbons (Fsp3) is 0.571. The molecule has 0 radical (unpaired) electrons. The average molecular weight is 292 g/mol. The maximum absolute atomic E-state index is 12.4. The van der Waals surface area contributed by atoms with Crippen molar-refractivity contribution in [1.82, 2.24) is 20.1 Å². The number of methoxy groups -OCH3 is 2. The lowest BCUT2D eigenvalue weighted by Gasteiger charge is -2.28. The van der Waals surface area contributed by atoms with Crippen LogP contribution in [-0.4, -0.2) is 67.3 Å². The van der Waals surface area contributed by atoms with Gasteiger partial charge in [-0.15, -0.1) is 0 Å². The second-order valence-corrected chi connectivity index (χ2v) is 5.21. The molecule has 7 heteroatoms. The number of aromatic nitrogens is 1. The number of fused-ring (bicyclic) bond motifs is 1. The molecule has 0 saturated carbocycles. The molecular formula is C14H20N4O3. The van der Waals surface area contributed by atoms with Gasteiger partial charge in [0.05, 0.1) is 26.8 Å². The molecule has 1 unspecified atom stereocenters. The monoisotopic (exact) mass is 292 g/mol. The van der Waals surface area contributed by atoms with E-state index in [0.29, 0.717) is 24.6 Å².